The maximum atomic E-state index is 6.05. The first-order chi connectivity index (χ1) is 14.2. The molecule has 1 aliphatic rings. The van der Waals surface area contributed by atoms with Crippen LogP contribution in [0, 0.1) is 0 Å². The molecule has 0 unspecified atom stereocenters. The second-order valence-electron chi connectivity index (χ2n) is 7.10. The molecule has 0 aliphatic heterocycles. The van der Waals surface area contributed by atoms with Crippen LogP contribution >= 0.6 is 24.0 Å². The number of hydrogen-bond acceptors (Lipinski definition) is 5. The van der Waals surface area contributed by atoms with Gasteiger partial charge in [-0.05, 0) is 31.9 Å². The number of hydrogen-bond donors (Lipinski definition) is 2. The predicted octanol–water partition coefficient (Wildman–Crippen LogP) is 4.12. The normalized spacial score (nSPS) is 15.0. The molecule has 0 amide bonds. The highest BCUT2D eigenvalue weighted by Crippen LogP contribution is 2.39. The summed E-state index contributed by atoms with van der Waals surface area (Å²) in [5.41, 5.74) is 0.928. The number of aliphatic imine (C=N–C) groups is 1. The minimum atomic E-state index is 0. The molecule has 2 rings (SSSR count). The maximum absolute atomic E-state index is 6.05. The van der Waals surface area contributed by atoms with Crippen LogP contribution in [0.15, 0.2) is 17.1 Å². The number of nitrogens with zero attached hydrogens (tertiary/aromatic N) is 1. The van der Waals surface area contributed by atoms with Crippen molar-refractivity contribution in [1.29, 1.82) is 0 Å². The second-order valence-corrected chi connectivity index (χ2v) is 7.10. The molecule has 1 aliphatic carbocycles. The Morgan fingerprint density at radius 1 is 0.967 bits per heavy atom. The van der Waals surface area contributed by atoms with Crippen LogP contribution in [0.3, 0.4) is 0 Å². The zero-order chi connectivity index (χ0) is 20.9. The van der Waals surface area contributed by atoms with Gasteiger partial charge in [0.2, 0.25) is 5.75 Å². The molecular formula is C22H38IN3O4. The Labute approximate surface area is 198 Å². The predicted molar refractivity (Wildman–Crippen MR) is 132 cm³/mol. The van der Waals surface area contributed by atoms with Crippen molar-refractivity contribution in [3.8, 4) is 17.2 Å². The van der Waals surface area contributed by atoms with Gasteiger partial charge in [0.25, 0.3) is 0 Å². The van der Waals surface area contributed by atoms with E-state index in [1.54, 1.807) is 21.3 Å². The second kappa shape index (κ2) is 15.4. The molecule has 8 heteroatoms. The van der Waals surface area contributed by atoms with E-state index in [1.165, 1.54) is 38.5 Å². The quantitative estimate of drug-likeness (QED) is 0.154. The van der Waals surface area contributed by atoms with Crippen LogP contribution in [0.5, 0.6) is 17.2 Å². The lowest BCUT2D eigenvalue weighted by Crippen LogP contribution is -2.39. The lowest BCUT2D eigenvalue weighted by atomic mass is 10.1. The molecule has 1 fully saturated rings. The fourth-order valence-corrected chi connectivity index (χ4v) is 3.60. The standard InChI is InChI=1S/C22H37N3O4.HI/c1-5-23-22(24-14-15-29-18-10-8-6-7-9-11-18)25-16-17-12-13-19(26-2)21(28-4)20(17)27-3;/h12-13,18H,5-11,14-16H2,1-4H3,(H2,23,24,25);1H. The van der Waals surface area contributed by atoms with Crippen LogP contribution in [0.2, 0.25) is 0 Å². The van der Waals surface area contributed by atoms with E-state index in [2.05, 4.69) is 22.5 Å². The van der Waals surface area contributed by atoms with Gasteiger partial charge in [0.15, 0.2) is 17.5 Å². The number of ether oxygens (including phenoxy) is 4. The summed E-state index contributed by atoms with van der Waals surface area (Å²) < 4.78 is 22.4. The smallest absolute Gasteiger partial charge is 0.203 e. The van der Waals surface area contributed by atoms with Gasteiger partial charge in [-0.1, -0.05) is 25.7 Å². The van der Waals surface area contributed by atoms with E-state index in [4.69, 9.17) is 18.9 Å². The summed E-state index contributed by atoms with van der Waals surface area (Å²) in [5, 5.41) is 6.63. The summed E-state index contributed by atoms with van der Waals surface area (Å²) in [6, 6.07) is 3.82. The molecule has 1 aromatic rings. The first kappa shape index (κ1) is 26.6. The highest BCUT2D eigenvalue weighted by molar-refractivity contribution is 14.0. The Morgan fingerprint density at radius 2 is 1.67 bits per heavy atom. The first-order valence-electron chi connectivity index (χ1n) is 10.6. The van der Waals surface area contributed by atoms with Crippen molar-refractivity contribution in [3.63, 3.8) is 0 Å². The first-order valence-corrected chi connectivity index (χ1v) is 10.6. The third kappa shape index (κ3) is 8.37. The number of methoxy groups -OCH3 is 3. The molecule has 2 N–H and O–H groups in total. The number of nitrogens with one attached hydrogen (secondary N) is 2. The van der Waals surface area contributed by atoms with Crippen molar-refractivity contribution in [2.45, 2.75) is 58.1 Å². The van der Waals surface area contributed by atoms with Gasteiger partial charge >= 0.3 is 0 Å². The summed E-state index contributed by atoms with van der Waals surface area (Å²) in [6.45, 7) is 4.72. The van der Waals surface area contributed by atoms with Crippen molar-refractivity contribution >= 4 is 29.9 Å². The van der Waals surface area contributed by atoms with Gasteiger partial charge in [-0.3, -0.25) is 0 Å². The molecular weight excluding hydrogens is 497 g/mol. The molecule has 0 aromatic heterocycles. The third-order valence-corrected chi connectivity index (χ3v) is 5.09. The molecule has 0 radical (unpaired) electrons. The van der Waals surface area contributed by atoms with Crippen molar-refractivity contribution in [2.24, 2.45) is 4.99 Å². The van der Waals surface area contributed by atoms with Crippen molar-refractivity contribution < 1.29 is 18.9 Å². The fourth-order valence-electron chi connectivity index (χ4n) is 3.60. The number of halogens is 1. The minimum Gasteiger partial charge on any atom is -0.493 e. The Bertz CT molecular complexity index is 635. The van der Waals surface area contributed by atoms with E-state index in [0.29, 0.717) is 36.5 Å². The fraction of sp³-hybridized carbons (Fsp3) is 0.682. The average molecular weight is 535 g/mol. The van der Waals surface area contributed by atoms with Crippen LogP contribution < -0.4 is 24.8 Å². The molecule has 7 nitrogen and oxygen atoms in total. The maximum Gasteiger partial charge on any atom is 0.203 e. The monoisotopic (exact) mass is 535 g/mol. The van der Waals surface area contributed by atoms with Crippen molar-refractivity contribution in [1.82, 2.24) is 10.6 Å². The molecule has 30 heavy (non-hydrogen) atoms. The number of rotatable bonds is 10. The Morgan fingerprint density at radius 3 is 2.27 bits per heavy atom. The van der Waals surface area contributed by atoms with E-state index in [1.807, 2.05) is 12.1 Å². The van der Waals surface area contributed by atoms with Gasteiger partial charge in [0.05, 0.1) is 40.6 Å². The Balaban J connectivity index is 0.00000450. The zero-order valence-electron chi connectivity index (χ0n) is 18.8. The van der Waals surface area contributed by atoms with Crippen LogP contribution in [-0.4, -0.2) is 53.1 Å². The molecule has 0 heterocycles. The minimum absolute atomic E-state index is 0. The van der Waals surface area contributed by atoms with E-state index < -0.39 is 0 Å². The molecule has 0 spiro atoms. The van der Waals surface area contributed by atoms with Gasteiger partial charge < -0.3 is 29.6 Å². The summed E-state index contributed by atoms with van der Waals surface area (Å²) in [4.78, 5) is 4.69. The molecule has 0 bridgehead atoms. The van der Waals surface area contributed by atoms with Gasteiger partial charge in [-0.25, -0.2) is 4.99 Å². The average Bonchev–Trinajstić information content (AvgIpc) is 3.02. The molecule has 0 atom stereocenters. The van der Waals surface area contributed by atoms with Crippen molar-refractivity contribution in [2.75, 3.05) is 41.0 Å². The van der Waals surface area contributed by atoms with E-state index >= 15 is 0 Å². The number of guanidine groups is 1. The van der Waals surface area contributed by atoms with Crippen LogP contribution in [0.25, 0.3) is 0 Å². The van der Waals surface area contributed by atoms with Gasteiger partial charge in [-0.2, -0.15) is 0 Å². The van der Waals surface area contributed by atoms with Gasteiger partial charge in [-0.15, -0.1) is 24.0 Å². The highest BCUT2D eigenvalue weighted by atomic mass is 127. The third-order valence-electron chi connectivity index (χ3n) is 5.09. The summed E-state index contributed by atoms with van der Waals surface area (Å²) >= 11 is 0. The van der Waals surface area contributed by atoms with Crippen LogP contribution in [0.4, 0.5) is 0 Å². The summed E-state index contributed by atoms with van der Waals surface area (Å²) in [5.74, 6) is 2.62. The van der Waals surface area contributed by atoms with E-state index in [0.717, 1.165) is 24.6 Å². The molecule has 172 valence electrons. The van der Waals surface area contributed by atoms with Crippen LogP contribution in [0.1, 0.15) is 51.0 Å². The van der Waals surface area contributed by atoms with E-state index in [9.17, 15) is 0 Å². The molecule has 1 aromatic carbocycles. The van der Waals surface area contributed by atoms with Gasteiger partial charge in [0.1, 0.15) is 0 Å². The Hall–Kier alpha value is -1.42. The summed E-state index contributed by atoms with van der Waals surface area (Å²) in [7, 11) is 4.84. The van der Waals surface area contributed by atoms with E-state index in [-0.39, 0.29) is 24.0 Å². The lowest BCUT2D eigenvalue weighted by Gasteiger charge is -2.17. The lowest BCUT2D eigenvalue weighted by molar-refractivity contribution is 0.0468. The van der Waals surface area contributed by atoms with Gasteiger partial charge in [0, 0.05) is 18.7 Å². The molecule has 1 saturated carbocycles. The molecule has 0 saturated heterocycles. The Kier molecular flexibility index (Phi) is 13.7. The van der Waals surface area contributed by atoms with Crippen LogP contribution in [-0.2, 0) is 11.3 Å². The largest absolute Gasteiger partial charge is 0.493 e. The number of benzene rings is 1. The summed E-state index contributed by atoms with van der Waals surface area (Å²) in [6.07, 6.45) is 8.05. The van der Waals surface area contributed by atoms with Crippen molar-refractivity contribution in [3.05, 3.63) is 17.7 Å². The zero-order valence-corrected chi connectivity index (χ0v) is 21.1. The topological polar surface area (TPSA) is 73.3 Å². The SMILES string of the molecule is CCNC(=NCc1ccc(OC)c(OC)c1OC)NCCOC1CCCCCC1.I. The highest BCUT2D eigenvalue weighted by Gasteiger charge is 2.16.